The number of nitrogens with zero attached hydrogens (tertiary/aromatic N) is 4. The van der Waals surface area contributed by atoms with Crippen molar-refractivity contribution in [1.82, 2.24) is 14.8 Å². The molecule has 0 saturated heterocycles. The van der Waals surface area contributed by atoms with Crippen molar-refractivity contribution in [1.29, 1.82) is 0 Å². The van der Waals surface area contributed by atoms with Crippen molar-refractivity contribution in [3.05, 3.63) is 87.5 Å². The SMILES string of the molecule is Cc1cc(C(C)Nc2cccnc2C(N)=NO)c2oc(-c3ccc4nn(C)cc4c3)c(C)c(=O)c2c1. The highest BCUT2D eigenvalue weighted by atomic mass is 16.4. The molecular formula is C27H26N6O3. The molecule has 9 heteroatoms. The van der Waals surface area contributed by atoms with E-state index < -0.39 is 0 Å². The Bertz CT molecular complexity index is 1720. The number of anilines is 1. The number of amidine groups is 1. The number of aryl methyl sites for hydroxylation is 2. The predicted molar refractivity (Wildman–Crippen MR) is 140 cm³/mol. The van der Waals surface area contributed by atoms with Gasteiger partial charge in [-0.25, -0.2) is 0 Å². The molecule has 0 aliphatic heterocycles. The van der Waals surface area contributed by atoms with Gasteiger partial charge in [-0.1, -0.05) is 11.2 Å². The van der Waals surface area contributed by atoms with Gasteiger partial charge in [0.2, 0.25) is 0 Å². The van der Waals surface area contributed by atoms with Crippen LogP contribution in [0.15, 0.2) is 69.2 Å². The van der Waals surface area contributed by atoms with Gasteiger partial charge in [-0.05, 0) is 62.7 Å². The molecule has 3 heterocycles. The fraction of sp³-hybridized carbons (Fsp3) is 0.185. The molecule has 1 atom stereocenters. The molecule has 2 aromatic carbocycles. The molecule has 0 bridgehead atoms. The van der Waals surface area contributed by atoms with E-state index in [1.54, 1.807) is 29.9 Å². The summed E-state index contributed by atoms with van der Waals surface area (Å²) in [5.74, 6) is 0.420. The molecule has 0 radical (unpaired) electrons. The minimum Gasteiger partial charge on any atom is -0.455 e. The first-order valence-electron chi connectivity index (χ1n) is 11.5. The lowest BCUT2D eigenvalue weighted by molar-refractivity contribution is 0.318. The second kappa shape index (κ2) is 8.84. The molecule has 1 unspecified atom stereocenters. The van der Waals surface area contributed by atoms with Crippen LogP contribution in [-0.4, -0.2) is 25.8 Å². The van der Waals surface area contributed by atoms with Crippen LogP contribution in [0.25, 0.3) is 33.2 Å². The molecule has 0 saturated carbocycles. The first-order valence-corrected chi connectivity index (χ1v) is 11.5. The maximum atomic E-state index is 13.5. The molecule has 182 valence electrons. The van der Waals surface area contributed by atoms with Gasteiger partial charge in [-0.3, -0.25) is 14.5 Å². The van der Waals surface area contributed by atoms with Gasteiger partial charge in [-0.15, -0.1) is 0 Å². The highest BCUT2D eigenvalue weighted by molar-refractivity contribution is 6.00. The van der Waals surface area contributed by atoms with Crippen LogP contribution in [0, 0.1) is 13.8 Å². The normalized spacial score (nSPS) is 12.8. The van der Waals surface area contributed by atoms with E-state index in [9.17, 15) is 4.79 Å². The summed E-state index contributed by atoms with van der Waals surface area (Å²) in [6.07, 6.45) is 3.50. The first kappa shape index (κ1) is 23.1. The molecule has 3 aromatic heterocycles. The molecule has 0 fully saturated rings. The Hall–Kier alpha value is -4.66. The first-order chi connectivity index (χ1) is 17.3. The van der Waals surface area contributed by atoms with E-state index in [-0.39, 0.29) is 17.3 Å². The van der Waals surface area contributed by atoms with E-state index in [4.69, 9.17) is 15.4 Å². The third-order valence-corrected chi connectivity index (χ3v) is 6.27. The van der Waals surface area contributed by atoms with Gasteiger partial charge >= 0.3 is 0 Å². The largest absolute Gasteiger partial charge is 0.455 e. The zero-order valence-corrected chi connectivity index (χ0v) is 20.4. The van der Waals surface area contributed by atoms with Gasteiger partial charge in [0.05, 0.1) is 22.6 Å². The van der Waals surface area contributed by atoms with E-state index in [0.717, 1.165) is 27.6 Å². The van der Waals surface area contributed by atoms with Gasteiger partial charge in [0, 0.05) is 41.5 Å². The molecule has 0 spiro atoms. The fourth-order valence-corrected chi connectivity index (χ4v) is 4.54. The molecule has 0 aliphatic rings. The molecule has 0 aliphatic carbocycles. The maximum absolute atomic E-state index is 13.5. The van der Waals surface area contributed by atoms with Crippen molar-refractivity contribution in [2.24, 2.45) is 17.9 Å². The molecule has 9 nitrogen and oxygen atoms in total. The van der Waals surface area contributed by atoms with Crippen LogP contribution in [0.3, 0.4) is 0 Å². The Morgan fingerprint density at radius 2 is 2.03 bits per heavy atom. The van der Waals surface area contributed by atoms with Crippen LogP contribution in [0.5, 0.6) is 0 Å². The van der Waals surface area contributed by atoms with Gasteiger partial charge < -0.3 is 20.7 Å². The van der Waals surface area contributed by atoms with E-state index in [1.165, 1.54) is 0 Å². The Balaban J connectivity index is 1.67. The zero-order valence-electron chi connectivity index (χ0n) is 20.4. The summed E-state index contributed by atoms with van der Waals surface area (Å²) in [5.41, 5.74) is 11.1. The summed E-state index contributed by atoms with van der Waals surface area (Å²) in [4.78, 5) is 17.7. The second-order valence-electron chi connectivity index (χ2n) is 8.94. The fourth-order valence-electron chi connectivity index (χ4n) is 4.54. The van der Waals surface area contributed by atoms with E-state index in [2.05, 4.69) is 20.6 Å². The van der Waals surface area contributed by atoms with E-state index in [0.29, 0.717) is 33.7 Å². The average molecular weight is 483 g/mol. The van der Waals surface area contributed by atoms with Crippen LogP contribution >= 0.6 is 0 Å². The maximum Gasteiger partial charge on any atom is 0.196 e. The molecular weight excluding hydrogens is 456 g/mol. The molecule has 5 rings (SSSR count). The van der Waals surface area contributed by atoms with Crippen molar-refractivity contribution in [2.45, 2.75) is 26.8 Å². The summed E-state index contributed by atoms with van der Waals surface area (Å²) in [7, 11) is 1.87. The number of aromatic nitrogens is 3. The van der Waals surface area contributed by atoms with Crippen molar-refractivity contribution in [3.63, 3.8) is 0 Å². The monoisotopic (exact) mass is 482 g/mol. The number of pyridine rings is 1. The number of benzene rings is 2. The molecule has 4 N–H and O–H groups in total. The van der Waals surface area contributed by atoms with Crippen LogP contribution in [-0.2, 0) is 7.05 Å². The lowest BCUT2D eigenvalue weighted by atomic mass is 9.98. The highest BCUT2D eigenvalue weighted by Crippen LogP contribution is 2.33. The number of oxime groups is 1. The van der Waals surface area contributed by atoms with Gasteiger partial charge in [0.1, 0.15) is 17.0 Å². The van der Waals surface area contributed by atoms with Crippen molar-refractivity contribution >= 4 is 33.4 Å². The number of hydrogen-bond donors (Lipinski definition) is 3. The zero-order chi connectivity index (χ0) is 25.6. The number of rotatable bonds is 5. The lowest BCUT2D eigenvalue weighted by Crippen LogP contribution is -2.19. The summed E-state index contributed by atoms with van der Waals surface area (Å²) in [6.45, 7) is 5.69. The molecule has 5 aromatic rings. The minimum atomic E-state index is -0.290. The molecule has 36 heavy (non-hydrogen) atoms. The topological polar surface area (TPSA) is 132 Å². The van der Waals surface area contributed by atoms with Crippen LogP contribution in [0.2, 0.25) is 0 Å². The predicted octanol–water partition coefficient (Wildman–Crippen LogP) is 4.63. The minimum absolute atomic E-state index is 0.0755. The summed E-state index contributed by atoms with van der Waals surface area (Å²) < 4.78 is 8.24. The van der Waals surface area contributed by atoms with Gasteiger partial charge in [0.25, 0.3) is 0 Å². The van der Waals surface area contributed by atoms with Gasteiger partial charge in [0.15, 0.2) is 11.3 Å². The van der Waals surface area contributed by atoms with Crippen LogP contribution < -0.4 is 16.5 Å². The third-order valence-electron chi connectivity index (χ3n) is 6.27. The second-order valence-corrected chi connectivity index (χ2v) is 8.94. The lowest BCUT2D eigenvalue weighted by Gasteiger charge is -2.20. The van der Waals surface area contributed by atoms with E-state index >= 15 is 0 Å². The quantitative estimate of drug-likeness (QED) is 0.144. The van der Waals surface area contributed by atoms with Crippen LogP contribution in [0.1, 0.15) is 35.3 Å². The smallest absolute Gasteiger partial charge is 0.196 e. The van der Waals surface area contributed by atoms with Gasteiger partial charge in [-0.2, -0.15) is 5.10 Å². The Kier molecular flexibility index (Phi) is 5.68. The van der Waals surface area contributed by atoms with Crippen molar-refractivity contribution in [2.75, 3.05) is 5.32 Å². The number of nitrogens with one attached hydrogen (secondary N) is 1. The third kappa shape index (κ3) is 3.94. The number of fused-ring (bicyclic) bond motifs is 2. The number of hydrogen-bond acceptors (Lipinski definition) is 7. The summed E-state index contributed by atoms with van der Waals surface area (Å²) >= 11 is 0. The summed E-state index contributed by atoms with van der Waals surface area (Å²) in [6, 6.07) is 12.9. The Morgan fingerprint density at radius 3 is 2.81 bits per heavy atom. The summed E-state index contributed by atoms with van der Waals surface area (Å²) in [5, 5.41) is 21.5. The van der Waals surface area contributed by atoms with Crippen molar-refractivity contribution in [3.8, 4) is 11.3 Å². The molecule has 0 amide bonds. The Morgan fingerprint density at radius 1 is 1.22 bits per heavy atom. The standard InChI is InChI=1S/C27H26N6O3/c1-14-10-19(16(3)30-22-6-5-9-29-23(22)27(28)32-35)26-20(11-14)24(34)15(2)25(36-26)17-7-8-21-18(12-17)13-33(4)31-21/h5-13,16,30,35H,1-4H3,(H2,28,32). The average Bonchev–Trinajstić information content (AvgIpc) is 3.25. The van der Waals surface area contributed by atoms with Crippen LogP contribution in [0.4, 0.5) is 5.69 Å². The van der Waals surface area contributed by atoms with E-state index in [1.807, 2.05) is 57.4 Å². The Labute approximate surface area is 206 Å². The number of nitrogens with two attached hydrogens (primary N) is 1. The van der Waals surface area contributed by atoms with Crippen molar-refractivity contribution < 1.29 is 9.62 Å². The highest BCUT2D eigenvalue weighted by Gasteiger charge is 2.20.